The van der Waals surface area contributed by atoms with Crippen molar-refractivity contribution in [1.29, 1.82) is 0 Å². The van der Waals surface area contributed by atoms with Gasteiger partial charge in [0.1, 0.15) is 0 Å². The molecule has 7 heteroatoms. The Labute approximate surface area is 147 Å². The van der Waals surface area contributed by atoms with Crippen LogP contribution in [0.2, 0.25) is 0 Å². The van der Waals surface area contributed by atoms with Crippen LogP contribution in [0.15, 0.2) is 18.6 Å². The lowest BCUT2D eigenvalue weighted by atomic mass is 10.0. The van der Waals surface area contributed by atoms with Gasteiger partial charge in [0.05, 0.1) is 11.8 Å². The summed E-state index contributed by atoms with van der Waals surface area (Å²) in [4.78, 5) is 34.2. The van der Waals surface area contributed by atoms with Crippen LogP contribution in [0.25, 0.3) is 0 Å². The molecule has 2 aliphatic rings. The Morgan fingerprint density at radius 1 is 1.20 bits per heavy atom. The highest BCUT2D eigenvalue weighted by molar-refractivity contribution is 5.84. The van der Waals surface area contributed by atoms with Crippen molar-refractivity contribution in [3.05, 3.63) is 24.3 Å². The molecule has 2 heterocycles. The third kappa shape index (κ3) is 4.98. The molecule has 1 saturated carbocycles. The first-order chi connectivity index (χ1) is 12.1. The molecule has 1 aromatic rings. The van der Waals surface area contributed by atoms with Crippen LogP contribution in [0.1, 0.15) is 44.2 Å². The minimum atomic E-state index is -0.557. The molecule has 2 atom stereocenters. The lowest BCUT2D eigenvalue weighted by molar-refractivity contribution is -0.133. The van der Waals surface area contributed by atoms with E-state index >= 15 is 0 Å². The molecule has 2 amide bonds. The van der Waals surface area contributed by atoms with Crippen LogP contribution >= 0.6 is 0 Å². The largest absolute Gasteiger partial charge is 0.391 e. The minimum Gasteiger partial charge on any atom is -0.391 e. The summed E-state index contributed by atoms with van der Waals surface area (Å²) in [5.74, 6) is -0.147. The second-order valence-corrected chi connectivity index (χ2v) is 7.08. The smallest absolute Gasteiger partial charge is 0.223 e. The molecule has 0 bridgehead atoms. The van der Waals surface area contributed by atoms with Crippen LogP contribution in [0.3, 0.4) is 0 Å². The Bertz CT molecular complexity index is 589. The van der Waals surface area contributed by atoms with E-state index in [9.17, 15) is 14.7 Å². The predicted octanol–water partition coefficient (Wildman–Crippen LogP) is 0.677. The van der Waals surface area contributed by atoms with Gasteiger partial charge in [-0.2, -0.15) is 0 Å². The second-order valence-electron chi connectivity index (χ2n) is 7.08. The van der Waals surface area contributed by atoms with Crippen LogP contribution in [0.5, 0.6) is 0 Å². The van der Waals surface area contributed by atoms with Gasteiger partial charge in [0.15, 0.2) is 0 Å². The predicted molar refractivity (Wildman–Crippen MR) is 91.4 cm³/mol. The normalized spacial score (nSPS) is 23.8. The Balaban J connectivity index is 1.42. The fourth-order valence-corrected chi connectivity index (χ4v) is 3.71. The summed E-state index contributed by atoms with van der Waals surface area (Å²) in [6.07, 6.45) is 9.81. The van der Waals surface area contributed by atoms with Gasteiger partial charge in [0, 0.05) is 56.5 Å². The lowest BCUT2D eigenvalue weighted by Gasteiger charge is -2.17. The number of rotatable bonds is 6. The Morgan fingerprint density at radius 2 is 2.00 bits per heavy atom. The van der Waals surface area contributed by atoms with Gasteiger partial charge in [0.2, 0.25) is 11.8 Å². The van der Waals surface area contributed by atoms with Crippen LogP contribution in [0.4, 0.5) is 0 Å². The fraction of sp³-hybridized carbons (Fsp3) is 0.667. The van der Waals surface area contributed by atoms with Gasteiger partial charge in [0.25, 0.3) is 0 Å². The third-order valence-corrected chi connectivity index (χ3v) is 5.13. The molecule has 1 aliphatic heterocycles. The maximum absolute atomic E-state index is 12.3. The monoisotopic (exact) mass is 346 g/mol. The van der Waals surface area contributed by atoms with Gasteiger partial charge in [-0.15, -0.1) is 0 Å². The summed E-state index contributed by atoms with van der Waals surface area (Å²) in [7, 11) is 0. The van der Waals surface area contributed by atoms with Crippen LogP contribution in [-0.2, 0) is 16.0 Å². The average Bonchev–Trinajstić information content (AvgIpc) is 3.24. The number of carbonyl (C=O) groups is 2. The molecule has 3 rings (SSSR count). The molecule has 2 fully saturated rings. The Kier molecular flexibility index (Phi) is 5.96. The minimum absolute atomic E-state index is 0.0343. The second kappa shape index (κ2) is 8.38. The number of nitrogens with zero attached hydrogens (tertiary/aromatic N) is 3. The summed E-state index contributed by atoms with van der Waals surface area (Å²) >= 11 is 0. The highest BCUT2D eigenvalue weighted by atomic mass is 16.3. The molecule has 0 unspecified atom stereocenters. The van der Waals surface area contributed by atoms with Crippen LogP contribution < -0.4 is 5.32 Å². The van der Waals surface area contributed by atoms with E-state index in [0.717, 1.165) is 18.5 Å². The Hall–Kier alpha value is -2.02. The zero-order valence-corrected chi connectivity index (χ0v) is 14.4. The van der Waals surface area contributed by atoms with Crippen LogP contribution in [-0.4, -0.2) is 57.0 Å². The standard InChI is InChI=1S/C18H26N4O3/c23-16-12-22(11-13(16)9-15-10-19-7-8-20-15)18(25)6-5-17(24)21-14-3-1-2-4-14/h7-8,10,13-14,16,23H,1-6,9,11-12H2,(H,21,24)/t13-,16-/m1/s1. The number of nitrogens with one attached hydrogen (secondary N) is 1. The van der Waals surface area contributed by atoms with E-state index in [1.807, 2.05) is 0 Å². The van der Waals surface area contributed by atoms with Crippen molar-refractivity contribution in [2.24, 2.45) is 5.92 Å². The molecule has 1 saturated heterocycles. The number of amides is 2. The van der Waals surface area contributed by atoms with Crippen LogP contribution in [0, 0.1) is 5.92 Å². The van der Waals surface area contributed by atoms with Crippen molar-refractivity contribution >= 4 is 11.8 Å². The van der Waals surface area contributed by atoms with Gasteiger partial charge in [-0.1, -0.05) is 12.8 Å². The van der Waals surface area contributed by atoms with Gasteiger partial charge < -0.3 is 15.3 Å². The molecular weight excluding hydrogens is 320 g/mol. The number of aliphatic hydroxyl groups is 1. The maximum atomic E-state index is 12.3. The molecule has 0 spiro atoms. The number of hydrogen-bond donors (Lipinski definition) is 2. The molecule has 7 nitrogen and oxygen atoms in total. The molecule has 1 aromatic heterocycles. The first-order valence-electron chi connectivity index (χ1n) is 9.12. The molecule has 0 radical (unpaired) electrons. The fourth-order valence-electron chi connectivity index (χ4n) is 3.71. The average molecular weight is 346 g/mol. The summed E-state index contributed by atoms with van der Waals surface area (Å²) in [6.45, 7) is 0.828. The molecule has 136 valence electrons. The highest BCUT2D eigenvalue weighted by Gasteiger charge is 2.34. The van der Waals surface area contributed by atoms with Gasteiger partial charge in [-0.3, -0.25) is 19.6 Å². The van der Waals surface area contributed by atoms with Crippen molar-refractivity contribution in [1.82, 2.24) is 20.2 Å². The topological polar surface area (TPSA) is 95.4 Å². The quantitative estimate of drug-likeness (QED) is 0.790. The van der Waals surface area contributed by atoms with E-state index in [-0.39, 0.29) is 36.6 Å². The number of carbonyl (C=O) groups excluding carboxylic acids is 2. The summed E-state index contributed by atoms with van der Waals surface area (Å²) < 4.78 is 0. The molecule has 0 aromatic carbocycles. The van der Waals surface area contributed by atoms with E-state index in [0.29, 0.717) is 19.5 Å². The molecule has 1 aliphatic carbocycles. The molecular formula is C18H26N4O3. The highest BCUT2D eigenvalue weighted by Crippen LogP contribution is 2.22. The van der Waals surface area contributed by atoms with E-state index < -0.39 is 6.10 Å². The zero-order chi connectivity index (χ0) is 17.6. The molecule has 25 heavy (non-hydrogen) atoms. The van der Waals surface area contributed by atoms with E-state index in [1.54, 1.807) is 23.5 Å². The van der Waals surface area contributed by atoms with Crippen molar-refractivity contribution in [3.8, 4) is 0 Å². The Morgan fingerprint density at radius 3 is 2.72 bits per heavy atom. The summed E-state index contributed by atoms with van der Waals surface area (Å²) in [5.41, 5.74) is 0.816. The zero-order valence-electron chi connectivity index (χ0n) is 14.4. The first-order valence-corrected chi connectivity index (χ1v) is 9.12. The van der Waals surface area contributed by atoms with Gasteiger partial charge in [-0.05, 0) is 19.3 Å². The maximum Gasteiger partial charge on any atom is 0.223 e. The van der Waals surface area contributed by atoms with Gasteiger partial charge in [-0.25, -0.2) is 0 Å². The van der Waals surface area contributed by atoms with E-state index in [1.165, 1.54) is 12.8 Å². The van der Waals surface area contributed by atoms with Crippen molar-refractivity contribution in [2.75, 3.05) is 13.1 Å². The van der Waals surface area contributed by atoms with Crippen molar-refractivity contribution < 1.29 is 14.7 Å². The lowest BCUT2D eigenvalue weighted by Crippen LogP contribution is -2.34. The van der Waals surface area contributed by atoms with Gasteiger partial charge >= 0.3 is 0 Å². The first kappa shape index (κ1) is 17.8. The number of aromatic nitrogens is 2. The number of β-amino-alcohol motifs (C(OH)–C–C–N with tert-alkyl or cyclic N) is 1. The summed E-state index contributed by atoms with van der Waals surface area (Å²) in [5, 5.41) is 13.2. The third-order valence-electron chi connectivity index (χ3n) is 5.13. The molecule has 2 N–H and O–H groups in total. The number of likely N-dealkylation sites (tertiary alicyclic amines) is 1. The van der Waals surface area contributed by atoms with Crippen molar-refractivity contribution in [3.63, 3.8) is 0 Å². The number of hydrogen-bond acceptors (Lipinski definition) is 5. The SMILES string of the molecule is O=C(CCC(=O)N1C[C@@H](Cc2cnccn2)[C@H](O)C1)NC1CCCC1. The summed E-state index contributed by atoms with van der Waals surface area (Å²) in [6, 6.07) is 0.285. The van der Waals surface area contributed by atoms with E-state index in [2.05, 4.69) is 15.3 Å². The van der Waals surface area contributed by atoms with E-state index in [4.69, 9.17) is 0 Å². The number of aliphatic hydroxyl groups excluding tert-OH is 1. The van der Waals surface area contributed by atoms with Crippen molar-refractivity contribution in [2.45, 2.75) is 57.1 Å².